The van der Waals surface area contributed by atoms with Gasteiger partial charge in [-0.05, 0) is 39.5 Å². The minimum atomic E-state index is 0.362. The van der Waals surface area contributed by atoms with Gasteiger partial charge in [0.2, 0.25) is 0 Å². The Morgan fingerprint density at radius 1 is 1.33 bits per heavy atom. The van der Waals surface area contributed by atoms with Crippen LogP contribution < -0.4 is 5.32 Å². The highest BCUT2D eigenvalue weighted by molar-refractivity contribution is 5.82. The van der Waals surface area contributed by atoms with Gasteiger partial charge in [0.15, 0.2) is 0 Å². The molecule has 1 rings (SSSR count). The molecule has 1 N–H and O–H groups in total. The van der Waals surface area contributed by atoms with E-state index in [9.17, 15) is 0 Å². The molecule has 0 amide bonds. The van der Waals surface area contributed by atoms with Crippen molar-refractivity contribution in [2.45, 2.75) is 52.1 Å². The number of hydrogen-bond donors (Lipinski definition) is 1. The summed E-state index contributed by atoms with van der Waals surface area (Å²) in [5, 5.41) is 3.40. The third-order valence-corrected chi connectivity index (χ3v) is 2.48. The van der Waals surface area contributed by atoms with E-state index in [1.54, 1.807) is 0 Å². The van der Waals surface area contributed by atoms with Gasteiger partial charge in [0, 0.05) is 26.1 Å². The van der Waals surface area contributed by atoms with Gasteiger partial charge in [-0.15, -0.1) is 0 Å². The van der Waals surface area contributed by atoms with Gasteiger partial charge in [0.1, 0.15) is 0 Å². The van der Waals surface area contributed by atoms with Crippen molar-refractivity contribution in [2.24, 2.45) is 4.99 Å². The maximum Gasteiger partial charge on any atom is 0.0963 e. The Morgan fingerprint density at radius 3 is 2.87 bits per heavy atom. The van der Waals surface area contributed by atoms with E-state index in [4.69, 9.17) is 4.74 Å². The summed E-state index contributed by atoms with van der Waals surface area (Å²) in [6.07, 6.45) is 6.36. The Balaban J connectivity index is 1.90. The van der Waals surface area contributed by atoms with Crippen molar-refractivity contribution in [2.75, 3.05) is 19.7 Å². The first-order chi connectivity index (χ1) is 7.29. The zero-order valence-corrected chi connectivity index (χ0v) is 10.1. The molecule has 0 aromatic heterocycles. The van der Waals surface area contributed by atoms with E-state index in [0.29, 0.717) is 6.10 Å². The van der Waals surface area contributed by atoms with Crippen LogP contribution in [-0.4, -0.2) is 31.6 Å². The molecule has 0 aromatic rings. The van der Waals surface area contributed by atoms with E-state index in [2.05, 4.69) is 24.2 Å². The maximum absolute atomic E-state index is 5.48. The zero-order chi connectivity index (χ0) is 10.9. The lowest BCUT2D eigenvalue weighted by Crippen LogP contribution is -2.26. The molecule has 0 radical (unpaired) electrons. The second-order valence-electron chi connectivity index (χ2n) is 4.34. The van der Waals surface area contributed by atoms with Crippen LogP contribution in [0.4, 0.5) is 0 Å². The summed E-state index contributed by atoms with van der Waals surface area (Å²) in [7, 11) is 0. The molecular weight excluding hydrogens is 188 g/mol. The van der Waals surface area contributed by atoms with E-state index in [1.165, 1.54) is 25.1 Å². The number of amidine groups is 1. The van der Waals surface area contributed by atoms with Crippen molar-refractivity contribution in [3.63, 3.8) is 0 Å². The lowest BCUT2D eigenvalue weighted by atomic mass is 10.2. The standard InChI is InChI=1S/C12H24N2O/c1-11(2)15-10-6-5-9-14-12-7-3-4-8-13-12/h11H,3-10H2,1-2H3,(H,13,14). The van der Waals surface area contributed by atoms with Gasteiger partial charge in [-0.3, -0.25) is 4.99 Å². The van der Waals surface area contributed by atoms with Gasteiger partial charge in [0.25, 0.3) is 0 Å². The summed E-state index contributed by atoms with van der Waals surface area (Å²) in [4.78, 5) is 4.45. The highest BCUT2D eigenvalue weighted by atomic mass is 16.5. The SMILES string of the molecule is CC(C)OCCCCNC1=NCCCC1. The summed E-state index contributed by atoms with van der Waals surface area (Å²) < 4.78 is 5.48. The predicted octanol–water partition coefficient (Wildman–Crippen LogP) is 2.36. The van der Waals surface area contributed by atoms with Crippen molar-refractivity contribution in [3.05, 3.63) is 0 Å². The molecule has 15 heavy (non-hydrogen) atoms. The average molecular weight is 212 g/mol. The molecule has 0 atom stereocenters. The number of unbranched alkanes of at least 4 members (excludes halogenated alkanes) is 1. The van der Waals surface area contributed by atoms with Gasteiger partial charge in [-0.1, -0.05) is 0 Å². The first-order valence-corrected chi connectivity index (χ1v) is 6.18. The second-order valence-corrected chi connectivity index (χ2v) is 4.34. The maximum atomic E-state index is 5.48. The second kappa shape index (κ2) is 7.69. The molecule has 0 spiro atoms. The third kappa shape index (κ3) is 6.50. The van der Waals surface area contributed by atoms with Crippen molar-refractivity contribution < 1.29 is 4.74 Å². The van der Waals surface area contributed by atoms with Crippen LogP contribution in [0.2, 0.25) is 0 Å². The van der Waals surface area contributed by atoms with Crippen molar-refractivity contribution >= 4 is 5.84 Å². The topological polar surface area (TPSA) is 33.6 Å². The molecule has 3 heteroatoms. The Bertz CT molecular complexity index is 190. The number of hydrogen-bond acceptors (Lipinski definition) is 3. The van der Waals surface area contributed by atoms with Crippen LogP contribution in [-0.2, 0) is 4.74 Å². The summed E-state index contributed by atoms with van der Waals surface area (Å²) in [5.74, 6) is 1.21. The van der Waals surface area contributed by atoms with Gasteiger partial charge < -0.3 is 10.1 Å². The lowest BCUT2D eigenvalue weighted by Gasteiger charge is -2.13. The molecule has 3 nitrogen and oxygen atoms in total. The fourth-order valence-electron chi connectivity index (χ4n) is 1.62. The Kier molecular flexibility index (Phi) is 6.41. The van der Waals surface area contributed by atoms with Crippen LogP contribution >= 0.6 is 0 Å². The van der Waals surface area contributed by atoms with Gasteiger partial charge in [0.05, 0.1) is 11.9 Å². The molecule has 0 unspecified atom stereocenters. The van der Waals surface area contributed by atoms with E-state index < -0.39 is 0 Å². The van der Waals surface area contributed by atoms with E-state index >= 15 is 0 Å². The van der Waals surface area contributed by atoms with Crippen LogP contribution in [0.5, 0.6) is 0 Å². The van der Waals surface area contributed by atoms with Gasteiger partial charge in [-0.25, -0.2) is 0 Å². The molecule has 88 valence electrons. The zero-order valence-electron chi connectivity index (χ0n) is 10.1. The van der Waals surface area contributed by atoms with E-state index in [1.807, 2.05) is 0 Å². The molecule has 0 aliphatic carbocycles. The number of aliphatic imine (C=N–C) groups is 1. The molecule has 0 fully saturated rings. The molecule has 1 aliphatic heterocycles. The smallest absolute Gasteiger partial charge is 0.0963 e. The van der Waals surface area contributed by atoms with Crippen LogP contribution in [0.1, 0.15) is 46.0 Å². The average Bonchev–Trinajstić information content (AvgIpc) is 2.24. The van der Waals surface area contributed by atoms with E-state index in [0.717, 1.165) is 32.5 Å². The summed E-state index contributed by atoms with van der Waals surface area (Å²) in [6, 6.07) is 0. The molecule has 0 saturated heterocycles. The summed E-state index contributed by atoms with van der Waals surface area (Å²) in [5.41, 5.74) is 0. The van der Waals surface area contributed by atoms with Crippen molar-refractivity contribution in [1.82, 2.24) is 5.32 Å². The highest BCUT2D eigenvalue weighted by Crippen LogP contribution is 2.03. The third-order valence-electron chi connectivity index (χ3n) is 2.48. The number of ether oxygens (including phenoxy) is 1. The van der Waals surface area contributed by atoms with Crippen LogP contribution in [0.15, 0.2) is 4.99 Å². The fraction of sp³-hybridized carbons (Fsp3) is 0.917. The quantitative estimate of drug-likeness (QED) is 0.686. The minimum absolute atomic E-state index is 0.362. The molecule has 1 heterocycles. The highest BCUT2D eigenvalue weighted by Gasteiger charge is 2.03. The first kappa shape index (κ1) is 12.5. The minimum Gasteiger partial charge on any atom is -0.379 e. The first-order valence-electron chi connectivity index (χ1n) is 6.18. The number of rotatable bonds is 6. The van der Waals surface area contributed by atoms with E-state index in [-0.39, 0.29) is 0 Å². The molecular formula is C12H24N2O. The monoisotopic (exact) mass is 212 g/mol. The fourth-order valence-corrected chi connectivity index (χ4v) is 1.62. The number of nitrogens with zero attached hydrogens (tertiary/aromatic N) is 1. The Morgan fingerprint density at radius 2 is 2.20 bits per heavy atom. The summed E-state index contributed by atoms with van der Waals surface area (Å²) in [6.45, 7) is 7.09. The molecule has 1 aliphatic rings. The van der Waals surface area contributed by atoms with Gasteiger partial charge >= 0.3 is 0 Å². The normalized spacial score (nSPS) is 16.6. The van der Waals surface area contributed by atoms with Crippen LogP contribution in [0.3, 0.4) is 0 Å². The number of nitrogens with one attached hydrogen (secondary N) is 1. The molecule has 0 saturated carbocycles. The van der Waals surface area contributed by atoms with Crippen LogP contribution in [0, 0.1) is 0 Å². The summed E-state index contributed by atoms with van der Waals surface area (Å²) >= 11 is 0. The Labute approximate surface area is 93.3 Å². The molecule has 0 aromatic carbocycles. The lowest BCUT2D eigenvalue weighted by molar-refractivity contribution is 0.0762. The molecule has 0 bridgehead atoms. The van der Waals surface area contributed by atoms with Gasteiger partial charge in [-0.2, -0.15) is 0 Å². The van der Waals surface area contributed by atoms with Crippen molar-refractivity contribution in [1.29, 1.82) is 0 Å². The Hall–Kier alpha value is -0.570. The predicted molar refractivity (Wildman–Crippen MR) is 64.5 cm³/mol. The van der Waals surface area contributed by atoms with Crippen molar-refractivity contribution in [3.8, 4) is 0 Å². The van der Waals surface area contributed by atoms with Crippen LogP contribution in [0.25, 0.3) is 0 Å². The largest absolute Gasteiger partial charge is 0.379 e.